The quantitative estimate of drug-likeness (QED) is 0.657. The number of rotatable bonds is 3. The monoisotopic (exact) mass is 377 g/mol. The lowest BCUT2D eigenvalue weighted by atomic mass is 10.2. The first-order valence-corrected chi connectivity index (χ1v) is 7.53. The van der Waals surface area contributed by atoms with E-state index < -0.39 is 0 Å². The third kappa shape index (κ3) is 3.79. The van der Waals surface area contributed by atoms with E-state index >= 15 is 0 Å². The molecule has 2 aromatic carbocycles. The SMILES string of the molecule is Cc1cc(Br)c(NCc2ccc(Cl)c(Cl)c2)cc1Cl. The molecule has 0 aromatic heterocycles. The molecule has 0 heterocycles. The number of aryl methyl sites for hydroxylation is 1. The van der Waals surface area contributed by atoms with Crippen LogP contribution in [0.3, 0.4) is 0 Å². The highest BCUT2D eigenvalue weighted by Crippen LogP contribution is 2.30. The van der Waals surface area contributed by atoms with Crippen LogP contribution < -0.4 is 5.32 Å². The predicted molar refractivity (Wildman–Crippen MR) is 87.7 cm³/mol. The van der Waals surface area contributed by atoms with Gasteiger partial charge in [-0.1, -0.05) is 40.9 Å². The predicted octanol–water partition coefficient (Wildman–Crippen LogP) is 6.33. The van der Waals surface area contributed by atoms with Crippen LogP contribution in [0.1, 0.15) is 11.1 Å². The Morgan fingerprint density at radius 3 is 2.42 bits per heavy atom. The first kappa shape index (κ1) is 15.0. The number of anilines is 1. The van der Waals surface area contributed by atoms with E-state index in [2.05, 4.69) is 21.2 Å². The smallest absolute Gasteiger partial charge is 0.0595 e. The summed E-state index contributed by atoms with van der Waals surface area (Å²) in [6.07, 6.45) is 0. The Hall–Kier alpha value is -0.410. The van der Waals surface area contributed by atoms with E-state index in [-0.39, 0.29) is 0 Å². The Bertz CT molecular complexity index is 614. The second kappa shape index (κ2) is 6.36. The van der Waals surface area contributed by atoms with Crippen molar-refractivity contribution >= 4 is 56.4 Å². The van der Waals surface area contributed by atoms with E-state index in [1.165, 1.54) is 0 Å². The molecule has 1 N–H and O–H groups in total. The Labute approximate surface area is 136 Å². The average Bonchev–Trinajstić information content (AvgIpc) is 2.36. The van der Waals surface area contributed by atoms with Crippen molar-refractivity contribution in [1.82, 2.24) is 0 Å². The largest absolute Gasteiger partial charge is 0.380 e. The zero-order valence-corrected chi connectivity index (χ0v) is 14.0. The highest BCUT2D eigenvalue weighted by molar-refractivity contribution is 9.10. The molecule has 0 fully saturated rings. The van der Waals surface area contributed by atoms with Crippen molar-refractivity contribution < 1.29 is 0 Å². The molecule has 0 atom stereocenters. The van der Waals surface area contributed by atoms with Gasteiger partial charge in [0.1, 0.15) is 0 Å². The number of benzene rings is 2. The van der Waals surface area contributed by atoms with Gasteiger partial charge in [-0.2, -0.15) is 0 Å². The summed E-state index contributed by atoms with van der Waals surface area (Å²) in [4.78, 5) is 0. The van der Waals surface area contributed by atoms with Gasteiger partial charge in [0.2, 0.25) is 0 Å². The summed E-state index contributed by atoms with van der Waals surface area (Å²) in [6, 6.07) is 9.46. The van der Waals surface area contributed by atoms with Crippen LogP contribution in [0.25, 0.3) is 0 Å². The molecule has 0 saturated heterocycles. The molecule has 0 radical (unpaired) electrons. The van der Waals surface area contributed by atoms with Gasteiger partial charge >= 0.3 is 0 Å². The summed E-state index contributed by atoms with van der Waals surface area (Å²) < 4.78 is 0.981. The van der Waals surface area contributed by atoms with Crippen molar-refractivity contribution in [2.24, 2.45) is 0 Å². The zero-order chi connectivity index (χ0) is 14.0. The van der Waals surface area contributed by atoms with Gasteiger partial charge in [0, 0.05) is 16.0 Å². The lowest BCUT2D eigenvalue weighted by molar-refractivity contribution is 1.14. The lowest BCUT2D eigenvalue weighted by Gasteiger charge is -2.11. The van der Waals surface area contributed by atoms with Gasteiger partial charge in [-0.15, -0.1) is 0 Å². The Morgan fingerprint density at radius 1 is 1.00 bits per heavy atom. The van der Waals surface area contributed by atoms with Gasteiger partial charge < -0.3 is 5.32 Å². The minimum absolute atomic E-state index is 0.557. The van der Waals surface area contributed by atoms with Gasteiger partial charge in [-0.3, -0.25) is 0 Å². The molecule has 0 bridgehead atoms. The van der Waals surface area contributed by atoms with Crippen LogP contribution >= 0.6 is 50.7 Å². The molecule has 0 aliphatic heterocycles. The fourth-order valence-electron chi connectivity index (χ4n) is 1.63. The molecule has 0 aliphatic carbocycles. The van der Waals surface area contributed by atoms with Crippen molar-refractivity contribution in [3.63, 3.8) is 0 Å². The Morgan fingerprint density at radius 2 is 1.74 bits per heavy atom. The fourth-order valence-corrected chi connectivity index (χ4v) is 2.71. The van der Waals surface area contributed by atoms with E-state index in [0.29, 0.717) is 16.6 Å². The maximum atomic E-state index is 6.11. The number of nitrogens with one attached hydrogen (secondary N) is 1. The van der Waals surface area contributed by atoms with Gasteiger partial charge in [0.15, 0.2) is 0 Å². The topological polar surface area (TPSA) is 12.0 Å². The molecule has 19 heavy (non-hydrogen) atoms. The number of hydrogen-bond donors (Lipinski definition) is 1. The summed E-state index contributed by atoms with van der Waals surface area (Å²) in [5, 5.41) is 5.16. The molecule has 5 heteroatoms. The Balaban J connectivity index is 2.14. The summed E-state index contributed by atoms with van der Waals surface area (Å²) in [7, 11) is 0. The molecule has 100 valence electrons. The van der Waals surface area contributed by atoms with Crippen molar-refractivity contribution in [1.29, 1.82) is 0 Å². The normalized spacial score (nSPS) is 10.6. The number of halogens is 4. The first-order valence-electron chi connectivity index (χ1n) is 5.61. The highest BCUT2D eigenvalue weighted by Gasteiger charge is 2.05. The minimum Gasteiger partial charge on any atom is -0.380 e. The molecule has 0 unspecified atom stereocenters. The standard InChI is InChI=1S/C14H11BrCl3N/c1-8-4-10(15)14(6-12(8)17)19-7-9-2-3-11(16)13(18)5-9/h2-6,19H,7H2,1H3. The minimum atomic E-state index is 0.557. The van der Waals surface area contributed by atoms with Gasteiger partial charge in [-0.05, 0) is 58.2 Å². The van der Waals surface area contributed by atoms with E-state index in [0.717, 1.165) is 26.3 Å². The van der Waals surface area contributed by atoms with Crippen LogP contribution in [0, 0.1) is 6.92 Å². The lowest BCUT2D eigenvalue weighted by Crippen LogP contribution is -2.00. The van der Waals surface area contributed by atoms with Crippen molar-refractivity contribution in [2.45, 2.75) is 13.5 Å². The molecule has 0 aliphatic rings. The maximum absolute atomic E-state index is 6.11. The van der Waals surface area contributed by atoms with E-state index in [1.807, 2.05) is 31.2 Å². The fraction of sp³-hybridized carbons (Fsp3) is 0.143. The molecule has 1 nitrogen and oxygen atoms in total. The van der Waals surface area contributed by atoms with Gasteiger partial charge in [0.05, 0.1) is 15.7 Å². The summed E-state index contributed by atoms with van der Waals surface area (Å²) in [6.45, 7) is 2.62. The third-order valence-electron chi connectivity index (χ3n) is 2.72. The van der Waals surface area contributed by atoms with E-state index in [4.69, 9.17) is 34.8 Å². The summed E-state index contributed by atoms with van der Waals surface area (Å²) in [5.74, 6) is 0. The van der Waals surface area contributed by atoms with Crippen molar-refractivity contribution in [2.75, 3.05) is 5.32 Å². The Kier molecular flexibility index (Phi) is 5.02. The average molecular weight is 380 g/mol. The molecule has 2 aromatic rings. The van der Waals surface area contributed by atoms with E-state index in [1.54, 1.807) is 6.07 Å². The van der Waals surface area contributed by atoms with Gasteiger partial charge in [0.25, 0.3) is 0 Å². The van der Waals surface area contributed by atoms with Crippen LogP contribution in [-0.2, 0) is 6.54 Å². The molecule has 0 spiro atoms. The number of hydrogen-bond acceptors (Lipinski definition) is 1. The molecule has 0 amide bonds. The molecular weight excluding hydrogens is 368 g/mol. The molecule has 2 rings (SSSR count). The van der Waals surface area contributed by atoms with Crippen molar-refractivity contribution in [3.8, 4) is 0 Å². The molecular formula is C14H11BrCl3N. The highest BCUT2D eigenvalue weighted by atomic mass is 79.9. The third-order valence-corrected chi connectivity index (χ3v) is 4.52. The first-order chi connectivity index (χ1) is 8.97. The van der Waals surface area contributed by atoms with Crippen LogP contribution in [0.2, 0.25) is 15.1 Å². The van der Waals surface area contributed by atoms with Crippen LogP contribution in [0.4, 0.5) is 5.69 Å². The maximum Gasteiger partial charge on any atom is 0.0595 e. The second-order valence-corrected chi connectivity index (χ2v) is 6.26. The van der Waals surface area contributed by atoms with Crippen LogP contribution in [0.15, 0.2) is 34.8 Å². The van der Waals surface area contributed by atoms with Crippen molar-refractivity contribution in [3.05, 3.63) is 61.0 Å². The van der Waals surface area contributed by atoms with Crippen LogP contribution in [0.5, 0.6) is 0 Å². The zero-order valence-electron chi connectivity index (χ0n) is 10.1. The van der Waals surface area contributed by atoms with Gasteiger partial charge in [-0.25, -0.2) is 0 Å². The molecule has 0 saturated carbocycles. The summed E-state index contributed by atoms with van der Waals surface area (Å²) >= 11 is 21.5. The van der Waals surface area contributed by atoms with E-state index in [9.17, 15) is 0 Å². The summed E-state index contributed by atoms with van der Waals surface area (Å²) in [5.41, 5.74) is 3.04. The second-order valence-electron chi connectivity index (χ2n) is 4.18. The van der Waals surface area contributed by atoms with Crippen LogP contribution in [-0.4, -0.2) is 0 Å².